The van der Waals surface area contributed by atoms with Gasteiger partial charge in [-0.2, -0.15) is 0 Å². The number of carbonyl (C=O) groups is 1. The van der Waals surface area contributed by atoms with Crippen molar-refractivity contribution in [3.63, 3.8) is 0 Å². The van der Waals surface area contributed by atoms with E-state index in [4.69, 9.17) is 4.74 Å². The van der Waals surface area contributed by atoms with Gasteiger partial charge in [-0.1, -0.05) is 12.1 Å². The fourth-order valence-corrected chi connectivity index (χ4v) is 3.41. The molecule has 0 atom stereocenters. The Morgan fingerprint density at radius 3 is 2.78 bits per heavy atom. The molecule has 0 fully saturated rings. The number of carbonyl (C=O) groups excluding carboxylic acids is 1. The van der Waals surface area contributed by atoms with Crippen molar-refractivity contribution in [1.29, 1.82) is 0 Å². The smallest absolute Gasteiger partial charge is 0.261 e. The number of methoxy groups -OCH3 is 1. The number of aryl methyl sites for hydroxylation is 1. The number of nitrogens with zero attached hydrogens (tertiary/aromatic N) is 2. The minimum atomic E-state index is -0.188. The molecule has 2 heterocycles. The summed E-state index contributed by atoms with van der Waals surface area (Å²) in [4.78, 5) is 29.8. The Morgan fingerprint density at radius 1 is 1.19 bits per heavy atom. The van der Waals surface area contributed by atoms with Crippen LogP contribution in [-0.2, 0) is 19.5 Å². The number of amides is 1. The Morgan fingerprint density at radius 2 is 2.00 bits per heavy atom. The monoisotopic (exact) mass is 363 g/mol. The lowest BCUT2D eigenvalue weighted by molar-refractivity contribution is 0.0951. The van der Waals surface area contributed by atoms with Gasteiger partial charge in [-0.05, 0) is 48.7 Å². The largest absolute Gasteiger partial charge is 0.497 e. The summed E-state index contributed by atoms with van der Waals surface area (Å²) in [6.45, 7) is 1.14. The maximum absolute atomic E-state index is 12.6. The van der Waals surface area contributed by atoms with E-state index < -0.39 is 0 Å². The molecule has 4 rings (SSSR count). The van der Waals surface area contributed by atoms with Crippen molar-refractivity contribution in [3.8, 4) is 5.75 Å². The fourth-order valence-electron chi connectivity index (χ4n) is 3.41. The Balaban J connectivity index is 1.55. The molecule has 0 unspecified atom stereocenters. The average Bonchev–Trinajstić information content (AvgIpc) is 2.72. The van der Waals surface area contributed by atoms with Gasteiger partial charge in [0.2, 0.25) is 0 Å². The van der Waals surface area contributed by atoms with Gasteiger partial charge >= 0.3 is 0 Å². The molecular formula is C21H21N3O3. The zero-order valence-electron chi connectivity index (χ0n) is 15.2. The molecule has 6 heteroatoms. The summed E-state index contributed by atoms with van der Waals surface area (Å²) in [7, 11) is 1.62. The third-order valence-corrected chi connectivity index (χ3v) is 4.94. The molecule has 2 aromatic carbocycles. The number of fused-ring (bicyclic) bond motifs is 2. The highest BCUT2D eigenvalue weighted by atomic mass is 16.5. The maximum atomic E-state index is 12.6. The van der Waals surface area contributed by atoms with Gasteiger partial charge in [-0.3, -0.25) is 14.2 Å². The van der Waals surface area contributed by atoms with Gasteiger partial charge in [0.05, 0.1) is 18.0 Å². The van der Waals surface area contributed by atoms with Crippen molar-refractivity contribution in [2.45, 2.75) is 32.4 Å². The van der Waals surface area contributed by atoms with Crippen molar-refractivity contribution >= 4 is 16.8 Å². The van der Waals surface area contributed by atoms with Crippen molar-refractivity contribution in [2.75, 3.05) is 7.11 Å². The van der Waals surface area contributed by atoms with Crippen LogP contribution in [0.1, 0.15) is 34.6 Å². The molecule has 0 aliphatic carbocycles. The normalized spacial score (nSPS) is 13.2. The fraction of sp³-hybridized carbons (Fsp3) is 0.286. The number of rotatable bonds is 4. The first-order valence-corrected chi connectivity index (χ1v) is 9.10. The van der Waals surface area contributed by atoms with Crippen LogP contribution in [0, 0.1) is 0 Å². The predicted octanol–water partition coefficient (Wildman–Crippen LogP) is 2.67. The highest BCUT2D eigenvalue weighted by Crippen LogP contribution is 2.16. The summed E-state index contributed by atoms with van der Waals surface area (Å²) in [5.41, 5.74) is 2.06. The zero-order chi connectivity index (χ0) is 18.8. The molecule has 1 aliphatic rings. The predicted molar refractivity (Wildman–Crippen MR) is 103 cm³/mol. The molecule has 0 radical (unpaired) electrons. The molecule has 6 nitrogen and oxygen atoms in total. The third kappa shape index (κ3) is 3.43. The van der Waals surface area contributed by atoms with Crippen molar-refractivity contribution in [3.05, 3.63) is 69.8 Å². The highest BCUT2D eigenvalue weighted by molar-refractivity contribution is 5.97. The van der Waals surface area contributed by atoms with E-state index in [-0.39, 0.29) is 11.5 Å². The first kappa shape index (κ1) is 17.3. The van der Waals surface area contributed by atoms with Crippen molar-refractivity contribution in [2.24, 2.45) is 0 Å². The van der Waals surface area contributed by atoms with E-state index in [9.17, 15) is 9.59 Å². The second kappa shape index (κ2) is 7.23. The summed E-state index contributed by atoms with van der Waals surface area (Å²) in [6.07, 6.45) is 2.85. The van der Waals surface area contributed by atoms with Crippen molar-refractivity contribution < 1.29 is 9.53 Å². The van der Waals surface area contributed by atoms with Crippen molar-refractivity contribution in [1.82, 2.24) is 14.9 Å². The van der Waals surface area contributed by atoms with E-state index in [0.717, 1.165) is 42.9 Å². The van der Waals surface area contributed by atoms with E-state index in [1.165, 1.54) is 0 Å². The quantitative estimate of drug-likeness (QED) is 0.773. The van der Waals surface area contributed by atoms with Crippen LogP contribution in [0.5, 0.6) is 5.75 Å². The van der Waals surface area contributed by atoms with Gasteiger partial charge in [0.25, 0.3) is 11.5 Å². The lowest BCUT2D eigenvalue weighted by atomic mass is 10.1. The SMILES string of the molecule is COc1ccc(CNC(=O)c2ccc3c(=O)n4c(nc3c2)CCCC4)cc1. The van der Waals surface area contributed by atoms with Crippen LogP contribution in [0.4, 0.5) is 0 Å². The maximum Gasteiger partial charge on any atom is 0.261 e. The summed E-state index contributed by atoms with van der Waals surface area (Å²) in [5, 5.41) is 3.47. The summed E-state index contributed by atoms with van der Waals surface area (Å²) < 4.78 is 6.89. The standard InChI is InChI=1S/C21H21N3O3/c1-27-16-8-5-14(6-9-16)13-22-20(25)15-7-10-17-18(12-15)23-19-4-2-3-11-24(19)21(17)26/h5-10,12H,2-4,11,13H2,1H3,(H,22,25). The van der Waals surface area contributed by atoms with Gasteiger partial charge in [-0.15, -0.1) is 0 Å². The molecule has 27 heavy (non-hydrogen) atoms. The van der Waals surface area contributed by atoms with Crippen LogP contribution in [0.15, 0.2) is 47.3 Å². The number of nitrogens with one attached hydrogen (secondary N) is 1. The van der Waals surface area contributed by atoms with Gasteiger partial charge in [0, 0.05) is 25.1 Å². The number of aromatic nitrogens is 2. The summed E-state index contributed by atoms with van der Waals surface area (Å²) >= 11 is 0. The van der Waals surface area contributed by atoms with Crippen LogP contribution in [0.25, 0.3) is 10.9 Å². The average molecular weight is 363 g/mol. The van der Waals surface area contributed by atoms with Crippen LogP contribution in [0.2, 0.25) is 0 Å². The minimum Gasteiger partial charge on any atom is -0.497 e. The van der Waals surface area contributed by atoms with E-state index in [1.54, 1.807) is 29.9 Å². The van der Waals surface area contributed by atoms with Gasteiger partial charge in [0.15, 0.2) is 0 Å². The highest BCUT2D eigenvalue weighted by Gasteiger charge is 2.16. The Labute approximate surface area is 156 Å². The Kier molecular flexibility index (Phi) is 4.62. The van der Waals surface area contributed by atoms with Gasteiger partial charge in [-0.25, -0.2) is 4.98 Å². The van der Waals surface area contributed by atoms with E-state index in [1.807, 2.05) is 24.3 Å². The zero-order valence-corrected chi connectivity index (χ0v) is 15.2. The number of hydrogen-bond acceptors (Lipinski definition) is 4. The second-order valence-electron chi connectivity index (χ2n) is 6.70. The molecule has 0 bridgehead atoms. The van der Waals surface area contributed by atoms with E-state index in [0.29, 0.717) is 23.0 Å². The molecule has 0 saturated carbocycles. The molecule has 1 amide bonds. The first-order valence-electron chi connectivity index (χ1n) is 9.10. The van der Waals surface area contributed by atoms with Crippen LogP contribution < -0.4 is 15.6 Å². The summed E-state index contributed by atoms with van der Waals surface area (Å²) in [5.74, 6) is 1.40. The van der Waals surface area contributed by atoms with Gasteiger partial charge < -0.3 is 10.1 Å². The second-order valence-corrected chi connectivity index (χ2v) is 6.70. The molecule has 138 valence electrons. The Bertz CT molecular complexity index is 1050. The molecule has 3 aromatic rings. The van der Waals surface area contributed by atoms with E-state index in [2.05, 4.69) is 10.3 Å². The number of ether oxygens (including phenoxy) is 1. The van der Waals surface area contributed by atoms with Crippen LogP contribution in [0.3, 0.4) is 0 Å². The lowest BCUT2D eigenvalue weighted by Crippen LogP contribution is -2.28. The molecule has 1 N–H and O–H groups in total. The summed E-state index contributed by atoms with van der Waals surface area (Å²) in [6, 6.07) is 12.6. The van der Waals surface area contributed by atoms with Gasteiger partial charge in [0.1, 0.15) is 11.6 Å². The van der Waals surface area contributed by atoms with Crippen LogP contribution >= 0.6 is 0 Å². The number of hydrogen-bond donors (Lipinski definition) is 1. The Hall–Kier alpha value is -3.15. The molecule has 1 aromatic heterocycles. The molecule has 0 spiro atoms. The number of benzene rings is 2. The molecular weight excluding hydrogens is 342 g/mol. The topological polar surface area (TPSA) is 73.2 Å². The third-order valence-electron chi connectivity index (χ3n) is 4.94. The first-order chi connectivity index (χ1) is 13.2. The lowest BCUT2D eigenvalue weighted by Gasteiger charge is -2.17. The van der Waals surface area contributed by atoms with Crippen LogP contribution in [-0.4, -0.2) is 22.6 Å². The minimum absolute atomic E-state index is 0.0140. The molecule has 1 aliphatic heterocycles. The van der Waals surface area contributed by atoms with E-state index >= 15 is 0 Å². The molecule has 0 saturated heterocycles.